The molecule has 2 aromatic carbocycles. The van der Waals surface area contributed by atoms with Crippen molar-refractivity contribution in [3.05, 3.63) is 57.6 Å². The van der Waals surface area contributed by atoms with Gasteiger partial charge in [-0.25, -0.2) is 0 Å². The van der Waals surface area contributed by atoms with Crippen LogP contribution in [0.3, 0.4) is 0 Å². The quantitative estimate of drug-likeness (QED) is 0.926. The maximum Gasteiger partial charge on any atom is 0.162 e. The van der Waals surface area contributed by atoms with Crippen LogP contribution in [-0.4, -0.2) is 14.2 Å². The van der Waals surface area contributed by atoms with E-state index >= 15 is 0 Å². The Morgan fingerprint density at radius 3 is 2.10 bits per heavy atom. The SMILES string of the molecule is COc1cc(Cl)c(C(N)c2ccccc2Cl)cc1OC. The Bertz CT molecular complexity index is 617. The maximum absolute atomic E-state index is 6.28. The molecule has 2 N–H and O–H groups in total. The molecule has 0 heterocycles. The molecule has 0 aliphatic heterocycles. The summed E-state index contributed by atoms with van der Waals surface area (Å²) in [6.07, 6.45) is 0. The minimum absolute atomic E-state index is 0.434. The van der Waals surface area contributed by atoms with E-state index in [9.17, 15) is 0 Å². The van der Waals surface area contributed by atoms with Crippen LogP contribution in [0.1, 0.15) is 17.2 Å². The Balaban J connectivity index is 2.50. The van der Waals surface area contributed by atoms with Gasteiger partial charge in [0.05, 0.1) is 20.3 Å². The van der Waals surface area contributed by atoms with Crippen LogP contribution in [-0.2, 0) is 0 Å². The van der Waals surface area contributed by atoms with Gasteiger partial charge in [-0.05, 0) is 23.3 Å². The molecule has 3 nitrogen and oxygen atoms in total. The summed E-state index contributed by atoms with van der Waals surface area (Å²) < 4.78 is 10.5. The number of benzene rings is 2. The van der Waals surface area contributed by atoms with Gasteiger partial charge < -0.3 is 15.2 Å². The average Bonchev–Trinajstić information content (AvgIpc) is 2.46. The third-order valence-electron chi connectivity index (χ3n) is 3.08. The molecule has 0 amide bonds. The molecule has 0 fully saturated rings. The Labute approximate surface area is 128 Å². The molecule has 0 spiro atoms. The second-order valence-electron chi connectivity index (χ2n) is 4.23. The van der Waals surface area contributed by atoms with Crippen molar-refractivity contribution < 1.29 is 9.47 Å². The van der Waals surface area contributed by atoms with Gasteiger partial charge in [0.25, 0.3) is 0 Å². The molecule has 0 aliphatic carbocycles. The van der Waals surface area contributed by atoms with Crippen LogP contribution in [0.15, 0.2) is 36.4 Å². The first kappa shape index (κ1) is 15.0. The minimum atomic E-state index is -0.434. The van der Waals surface area contributed by atoms with Gasteiger partial charge in [-0.2, -0.15) is 0 Å². The monoisotopic (exact) mass is 311 g/mol. The normalized spacial score (nSPS) is 12.1. The zero-order chi connectivity index (χ0) is 14.7. The molecule has 1 unspecified atom stereocenters. The third-order valence-corrected chi connectivity index (χ3v) is 3.75. The first-order valence-electron chi connectivity index (χ1n) is 6.00. The van der Waals surface area contributed by atoms with E-state index in [4.69, 9.17) is 38.4 Å². The Morgan fingerprint density at radius 2 is 1.50 bits per heavy atom. The molecule has 2 rings (SSSR count). The smallest absolute Gasteiger partial charge is 0.162 e. The van der Waals surface area contributed by atoms with Crippen molar-refractivity contribution in [1.29, 1.82) is 0 Å². The highest BCUT2D eigenvalue weighted by atomic mass is 35.5. The van der Waals surface area contributed by atoms with Crippen LogP contribution in [0.5, 0.6) is 11.5 Å². The largest absolute Gasteiger partial charge is 0.493 e. The second-order valence-corrected chi connectivity index (χ2v) is 5.04. The first-order chi connectivity index (χ1) is 9.58. The first-order valence-corrected chi connectivity index (χ1v) is 6.75. The maximum atomic E-state index is 6.28. The van der Waals surface area contributed by atoms with Crippen LogP contribution in [0.2, 0.25) is 10.0 Å². The van der Waals surface area contributed by atoms with E-state index < -0.39 is 6.04 Å². The van der Waals surface area contributed by atoms with Crippen LogP contribution in [0.25, 0.3) is 0 Å². The molecule has 0 radical (unpaired) electrons. The molecule has 20 heavy (non-hydrogen) atoms. The van der Waals surface area contributed by atoms with E-state index in [2.05, 4.69) is 0 Å². The van der Waals surface area contributed by atoms with Gasteiger partial charge in [-0.15, -0.1) is 0 Å². The summed E-state index contributed by atoms with van der Waals surface area (Å²) in [5, 5.41) is 1.11. The highest BCUT2D eigenvalue weighted by Crippen LogP contribution is 2.38. The van der Waals surface area contributed by atoms with Gasteiger partial charge in [-0.1, -0.05) is 41.4 Å². The summed E-state index contributed by atoms with van der Waals surface area (Å²) in [6.45, 7) is 0. The summed E-state index contributed by atoms with van der Waals surface area (Å²) in [5.41, 5.74) is 7.81. The summed E-state index contributed by atoms with van der Waals surface area (Å²) >= 11 is 12.5. The molecule has 0 saturated heterocycles. The predicted molar refractivity (Wildman–Crippen MR) is 82.0 cm³/mol. The number of rotatable bonds is 4. The van der Waals surface area contributed by atoms with Gasteiger partial charge >= 0.3 is 0 Å². The molecule has 0 aliphatic rings. The van der Waals surface area contributed by atoms with Gasteiger partial charge in [0.15, 0.2) is 11.5 Å². The number of hydrogen-bond donors (Lipinski definition) is 1. The summed E-state index contributed by atoms with van der Waals surface area (Å²) in [4.78, 5) is 0. The second kappa shape index (κ2) is 6.35. The standard InChI is InChI=1S/C15H15Cl2NO2/c1-19-13-7-10(12(17)8-14(13)20-2)15(18)9-5-3-4-6-11(9)16/h3-8,15H,18H2,1-2H3. The van der Waals surface area contributed by atoms with Crippen LogP contribution < -0.4 is 15.2 Å². The molecule has 1 atom stereocenters. The van der Waals surface area contributed by atoms with Crippen molar-refractivity contribution in [1.82, 2.24) is 0 Å². The number of halogens is 2. The van der Waals surface area contributed by atoms with Gasteiger partial charge in [0, 0.05) is 16.1 Å². The van der Waals surface area contributed by atoms with E-state index in [1.165, 1.54) is 0 Å². The van der Waals surface area contributed by atoms with Crippen molar-refractivity contribution >= 4 is 23.2 Å². The fourth-order valence-corrected chi connectivity index (χ4v) is 2.53. The third kappa shape index (κ3) is 2.85. The van der Waals surface area contributed by atoms with Crippen LogP contribution in [0.4, 0.5) is 0 Å². The summed E-state index contributed by atoms with van der Waals surface area (Å²) in [6, 6.07) is 10.4. The van der Waals surface area contributed by atoms with Crippen molar-refractivity contribution in [3.63, 3.8) is 0 Å². The van der Waals surface area contributed by atoms with E-state index in [0.29, 0.717) is 21.5 Å². The number of methoxy groups -OCH3 is 2. The lowest BCUT2D eigenvalue weighted by Crippen LogP contribution is -2.13. The molecule has 0 saturated carbocycles. The van der Waals surface area contributed by atoms with Crippen molar-refractivity contribution in [2.45, 2.75) is 6.04 Å². The molecule has 0 bridgehead atoms. The average molecular weight is 312 g/mol. The van der Waals surface area contributed by atoms with Gasteiger partial charge in [0.1, 0.15) is 0 Å². The molecule has 0 aromatic heterocycles. The van der Waals surface area contributed by atoms with E-state index in [1.54, 1.807) is 32.4 Å². The van der Waals surface area contributed by atoms with E-state index in [0.717, 1.165) is 11.1 Å². The highest BCUT2D eigenvalue weighted by molar-refractivity contribution is 6.32. The zero-order valence-corrected chi connectivity index (χ0v) is 12.7. The fraction of sp³-hybridized carbons (Fsp3) is 0.200. The lowest BCUT2D eigenvalue weighted by Gasteiger charge is -2.18. The van der Waals surface area contributed by atoms with Crippen molar-refractivity contribution in [3.8, 4) is 11.5 Å². The number of nitrogens with two attached hydrogens (primary N) is 1. The van der Waals surface area contributed by atoms with E-state index in [1.807, 2.05) is 18.2 Å². The topological polar surface area (TPSA) is 44.5 Å². The van der Waals surface area contributed by atoms with Crippen LogP contribution >= 0.6 is 23.2 Å². The molecular formula is C15H15Cl2NO2. The Kier molecular flexibility index (Phi) is 4.76. The number of hydrogen-bond acceptors (Lipinski definition) is 3. The zero-order valence-electron chi connectivity index (χ0n) is 11.2. The Hall–Kier alpha value is -1.42. The van der Waals surface area contributed by atoms with Gasteiger partial charge in [-0.3, -0.25) is 0 Å². The van der Waals surface area contributed by atoms with Crippen molar-refractivity contribution in [2.75, 3.05) is 14.2 Å². The summed E-state index contributed by atoms with van der Waals surface area (Å²) in [5.74, 6) is 1.14. The molecule has 106 valence electrons. The molecule has 2 aromatic rings. The van der Waals surface area contributed by atoms with E-state index in [-0.39, 0.29) is 0 Å². The minimum Gasteiger partial charge on any atom is -0.493 e. The molecule has 5 heteroatoms. The predicted octanol–water partition coefficient (Wildman–Crippen LogP) is 4.06. The number of ether oxygens (including phenoxy) is 2. The van der Waals surface area contributed by atoms with Crippen LogP contribution in [0, 0.1) is 0 Å². The molecular weight excluding hydrogens is 297 g/mol. The lowest BCUT2D eigenvalue weighted by atomic mass is 9.99. The lowest BCUT2D eigenvalue weighted by molar-refractivity contribution is 0.354. The van der Waals surface area contributed by atoms with Gasteiger partial charge in [0.2, 0.25) is 0 Å². The van der Waals surface area contributed by atoms with Crippen molar-refractivity contribution in [2.24, 2.45) is 5.73 Å². The summed E-state index contributed by atoms with van der Waals surface area (Å²) in [7, 11) is 3.12. The highest BCUT2D eigenvalue weighted by Gasteiger charge is 2.18. The Morgan fingerprint density at radius 1 is 0.900 bits per heavy atom. The fourth-order valence-electron chi connectivity index (χ4n) is 2.00.